The van der Waals surface area contributed by atoms with Gasteiger partial charge in [-0.05, 0) is 20.0 Å². The van der Waals surface area contributed by atoms with Gasteiger partial charge >= 0.3 is 0 Å². The molecule has 0 spiro atoms. The Morgan fingerprint density at radius 1 is 1.18 bits per heavy atom. The number of aromatic amines is 1. The molecule has 2 N–H and O–H groups in total. The largest absolute Gasteiger partial charge is 0.356 e. The van der Waals surface area contributed by atoms with Gasteiger partial charge in [0.25, 0.3) is 0 Å². The number of nitrogens with zero attached hydrogens (tertiary/aromatic N) is 3. The first-order chi connectivity index (χ1) is 10.7. The highest BCUT2D eigenvalue weighted by Crippen LogP contribution is 2.32. The predicted octanol–water partition coefficient (Wildman–Crippen LogP) is 2.54. The first kappa shape index (κ1) is 14.5. The van der Waals surface area contributed by atoms with E-state index in [1.807, 2.05) is 32.2 Å². The summed E-state index contributed by atoms with van der Waals surface area (Å²) in [7, 11) is 4.00. The average molecular weight is 295 g/mol. The third kappa shape index (κ3) is 2.80. The van der Waals surface area contributed by atoms with Crippen LogP contribution in [0.4, 0.5) is 5.82 Å². The van der Waals surface area contributed by atoms with E-state index in [2.05, 4.69) is 45.4 Å². The molecule has 5 nitrogen and oxygen atoms in total. The summed E-state index contributed by atoms with van der Waals surface area (Å²) in [5.74, 6) is 1.81. The molecular weight excluding hydrogens is 274 g/mol. The molecule has 1 aromatic rings. The Labute approximate surface area is 130 Å². The standard InChI is InChI=1S/C17H21N5/c1-12-19-15-11-14(13-7-5-4-6-8-13)21-16(15)17(20-12)22(3)10-9-18-2/h4-8,11,18H,9-10H2,1-3H3,(H,19,20). The number of aryl methyl sites for hydroxylation is 1. The van der Waals surface area contributed by atoms with Crippen LogP contribution in [0.5, 0.6) is 0 Å². The van der Waals surface area contributed by atoms with Crippen molar-refractivity contribution in [2.24, 2.45) is 0 Å². The number of nitrogens with one attached hydrogen (secondary N) is 2. The molecule has 2 heterocycles. The highest BCUT2D eigenvalue weighted by Gasteiger charge is 2.19. The van der Waals surface area contributed by atoms with Crippen LogP contribution in [0.1, 0.15) is 5.82 Å². The highest BCUT2D eigenvalue weighted by atomic mass is 15.2. The molecule has 3 rings (SSSR count). The summed E-state index contributed by atoms with van der Waals surface area (Å²) in [5, 5.41) is 3.16. The minimum atomic E-state index is 0.885. The summed E-state index contributed by atoms with van der Waals surface area (Å²) >= 11 is 0. The number of fused-ring (bicyclic) bond motifs is 1. The van der Waals surface area contributed by atoms with Gasteiger partial charge in [0.15, 0.2) is 5.82 Å². The normalized spacial score (nSPS) is 11.0. The second-order valence-corrected chi connectivity index (χ2v) is 5.44. The SMILES string of the molecule is CNCCN(C)c1nc(C)[nH]c2cc(-c3ccccc3)nc1-2. The zero-order valence-corrected chi connectivity index (χ0v) is 13.2. The first-order valence-electron chi connectivity index (χ1n) is 7.47. The lowest BCUT2D eigenvalue weighted by Gasteiger charge is -2.20. The van der Waals surface area contributed by atoms with Crippen molar-refractivity contribution in [3.8, 4) is 22.6 Å². The van der Waals surface area contributed by atoms with Crippen LogP contribution in [0.3, 0.4) is 0 Å². The molecule has 2 aliphatic rings. The number of anilines is 1. The molecule has 0 atom stereocenters. The zero-order chi connectivity index (χ0) is 15.5. The fourth-order valence-corrected chi connectivity index (χ4v) is 2.53. The summed E-state index contributed by atoms with van der Waals surface area (Å²) in [6.07, 6.45) is 0. The van der Waals surface area contributed by atoms with Gasteiger partial charge in [0.05, 0.1) is 11.4 Å². The lowest BCUT2D eigenvalue weighted by atomic mass is 10.1. The highest BCUT2D eigenvalue weighted by molar-refractivity contribution is 5.78. The fraction of sp³-hybridized carbons (Fsp3) is 0.294. The maximum absolute atomic E-state index is 4.80. The lowest BCUT2D eigenvalue weighted by molar-refractivity contribution is 0.758. The molecule has 5 heteroatoms. The van der Waals surface area contributed by atoms with Crippen molar-refractivity contribution in [1.29, 1.82) is 0 Å². The summed E-state index contributed by atoms with van der Waals surface area (Å²) in [6, 6.07) is 12.3. The van der Waals surface area contributed by atoms with Crippen LogP contribution in [0, 0.1) is 6.92 Å². The number of hydrogen-bond donors (Lipinski definition) is 2. The maximum atomic E-state index is 4.80. The van der Waals surface area contributed by atoms with Crippen LogP contribution in [0.2, 0.25) is 0 Å². The van der Waals surface area contributed by atoms with Crippen molar-refractivity contribution in [1.82, 2.24) is 20.3 Å². The minimum Gasteiger partial charge on any atom is -0.356 e. The van der Waals surface area contributed by atoms with Gasteiger partial charge < -0.3 is 15.2 Å². The Balaban J connectivity index is 2.05. The molecule has 0 unspecified atom stereocenters. The van der Waals surface area contributed by atoms with Crippen LogP contribution >= 0.6 is 0 Å². The van der Waals surface area contributed by atoms with Crippen LogP contribution < -0.4 is 10.2 Å². The van der Waals surface area contributed by atoms with Crippen molar-refractivity contribution in [3.05, 3.63) is 42.2 Å². The molecule has 0 saturated carbocycles. The van der Waals surface area contributed by atoms with Crippen molar-refractivity contribution in [3.63, 3.8) is 0 Å². The summed E-state index contributed by atoms with van der Waals surface area (Å²) < 4.78 is 0. The van der Waals surface area contributed by atoms with E-state index in [0.29, 0.717) is 0 Å². The van der Waals surface area contributed by atoms with Gasteiger partial charge in [-0.1, -0.05) is 30.3 Å². The van der Waals surface area contributed by atoms with E-state index in [-0.39, 0.29) is 0 Å². The topological polar surface area (TPSA) is 56.8 Å². The number of likely N-dealkylation sites (N-methyl/N-ethyl adjacent to an activating group) is 2. The first-order valence-corrected chi connectivity index (χ1v) is 7.47. The number of rotatable bonds is 5. The van der Waals surface area contributed by atoms with Crippen molar-refractivity contribution in [2.75, 3.05) is 32.1 Å². The van der Waals surface area contributed by atoms with Crippen molar-refractivity contribution in [2.45, 2.75) is 6.92 Å². The fourth-order valence-electron chi connectivity index (χ4n) is 2.53. The Kier molecular flexibility index (Phi) is 4.06. The monoisotopic (exact) mass is 295 g/mol. The molecule has 0 amide bonds. The average Bonchev–Trinajstić information content (AvgIpc) is 2.96. The molecule has 0 bridgehead atoms. The quantitative estimate of drug-likeness (QED) is 0.759. The maximum Gasteiger partial charge on any atom is 0.158 e. The summed E-state index contributed by atoms with van der Waals surface area (Å²) in [6.45, 7) is 3.77. The van der Waals surface area contributed by atoms with Crippen LogP contribution in [-0.4, -0.2) is 42.1 Å². The van der Waals surface area contributed by atoms with Gasteiger partial charge in [0.1, 0.15) is 11.5 Å². The molecule has 0 aliphatic carbocycles. The third-order valence-corrected chi connectivity index (χ3v) is 3.70. The van der Waals surface area contributed by atoms with Crippen LogP contribution in [0.15, 0.2) is 36.4 Å². The van der Waals surface area contributed by atoms with E-state index < -0.39 is 0 Å². The zero-order valence-electron chi connectivity index (χ0n) is 13.2. The predicted molar refractivity (Wildman–Crippen MR) is 90.4 cm³/mol. The molecule has 22 heavy (non-hydrogen) atoms. The molecule has 1 aromatic carbocycles. The molecule has 114 valence electrons. The van der Waals surface area contributed by atoms with E-state index in [0.717, 1.165) is 47.4 Å². The van der Waals surface area contributed by atoms with Gasteiger partial charge in [-0.3, -0.25) is 0 Å². The Morgan fingerprint density at radius 3 is 2.68 bits per heavy atom. The van der Waals surface area contributed by atoms with Gasteiger partial charge in [0.2, 0.25) is 0 Å². The summed E-state index contributed by atoms with van der Waals surface area (Å²) in [5.41, 5.74) is 4.04. The van der Waals surface area contributed by atoms with E-state index in [9.17, 15) is 0 Å². The van der Waals surface area contributed by atoms with Gasteiger partial charge in [-0.15, -0.1) is 0 Å². The lowest BCUT2D eigenvalue weighted by Crippen LogP contribution is -2.28. The Hall–Kier alpha value is -2.40. The number of hydrogen-bond acceptors (Lipinski definition) is 4. The molecule has 2 aliphatic heterocycles. The summed E-state index contributed by atoms with van der Waals surface area (Å²) in [4.78, 5) is 14.9. The number of aromatic nitrogens is 3. The molecule has 0 radical (unpaired) electrons. The molecule has 0 aromatic heterocycles. The van der Waals surface area contributed by atoms with E-state index >= 15 is 0 Å². The Morgan fingerprint density at radius 2 is 1.95 bits per heavy atom. The number of benzene rings is 1. The number of H-pyrrole nitrogens is 1. The molecule has 0 saturated heterocycles. The minimum absolute atomic E-state index is 0.885. The second-order valence-electron chi connectivity index (χ2n) is 5.44. The smallest absolute Gasteiger partial charge is 0.158 e. The molecular formula is C17H21N5. The van der Waals surface area contributed by atoms with Gasteiger partial charge in [-0.25, -0.2) is 9.97 Å². The van der Waals surface area contributed by atoms with Gasteiger partial charge in [-0.2, -0.15) is 0 Å². The third-order valence-electron chi connectivity index (χ3n) is 3.70. The Bertz CT molecular complexity index is 719. The van der Waals surface area contributed by atoms with Gasteiger partial charge in [0, 0.05) is 25.7 Å². The van der Waals surface area contributed by atoms with Crippen molar-refractivity contribution >= 4 is 5.82 Å². The van der Waals surface area contributed by atoms with E-state index in [1.165, 1.54) is 0 Å². The van der Waals surface area contributed by atoms with Crippen molar-refractivity contribution < 1.29 is 0 Å². The van der Waals surface area contributed by atoms with E-state index in [1.54, 1.807) is 0 Å². The van der Waals surface area contributed by atoms with Crippen LogP contribution in [-0.2, 0) is 0 Å². The second kappa shape index (κ2) is 6.15. The van der Waals surface area contributed by atoms with Crippen LogP contribution in [0.25, 0.3) is 22.6 Å². The molecule has 0 fully saturated rings. The van der Waals surface area contributed by atoms with E-state index in [4.69, 9.17) is 4.98 Å².